The van der Waals surface area contributed by atoms with Gasteiger partial charge < -0.3 is 9.84 Å². The molecule has 0 saturated heterocycles. The quantitative estimate of drug-likeness (QED) is 0.831. The molecule has 6 heteroatoms. The van der Waals surface area contributed by atoms with Crippen molar-refractivity contribution < 1.29 is 23.4 Å². The molecule has 0 fully saturated rings. The van der Waals surface area contributed by atoms with Crippen LogP contribution in [0, 0.1) is 11.3 Å². The lowest BCUT2D eigenvalue weighted by Crippen LogP contribution is -2.12. The highest BCUT2D eigenvalue weighted by molar-refractivity contribution is 5.74. The molecule has 0 heterocycles. The molecule has 0 spiro atoms. The van der Waals surface area contributed by atoms with Gasteiger partial charge in [-0.25, -0.2) is 8.78 Å². The zero-order valence-electron chi connectivity index (χ0n) is 10.3. The van der Waals surface area contributed by atoms with E-state index >= 15 is 0 Å². The fraction of sp³-hybridized carbons (Fsp3) is 0.385. The summed E-state index contributed by atoms with van der Waals surface area (Å²) in [5, 5.41) is 17.9. The Hall–Kier alpha value is -2.00. The minimum Gasteiger partial charge on any atom is -0.466 e. The average molecular weight is 269 g/mol. The van der Waals surface area contributed by atoms with Crippen molar-refractivity contribution in [2.24, 2.45) is 0 Å². The van der Waals surface area contributed by atoms with Crippen LogP contribution in [0.3, 0.4) is 0 Å². The third kappa shape index (κ3) is 3.73. The van der Waals surface area contributed by atoms with Gasteiger partial charge in [-0.3, -0.25) is 4.79 Å². The first kappa shape index (κ1) is 15.1. The third-order valence-corrected chi connectivity index (χ3v) is 2.54. The minimum atomic E-state index is -2.83. The van der Waals surface area contributed by atoms with Gasteiger partial charge in [-0.05, 0) is 30.2 Å². The number of nitrogens with zero attached hydrogens (tertiary/aromatic N) is 1. The van der Waals surface area contributed by atoms with Crippen LogP contribution in [0.1, 0.15) is 35.6 Å². The molecule has 0 aliphatic carbocycles. The van der Waals surface area contributed by atoms with Crippen molar-refractivity contribution in [2.45, 2.75) is 26.4 Å². The Bertz CT molecular complexity index is 509. The van der Waals surface area contributed by atoms with E-state index in [4.69, 9.17) is 10.00 Å². The maximum absolute atomic E-state index is 13.0. The van der Waals surface area contributed by atoms with Crippen molar-refractivity contribution >= 4 is 5.97 Å². The molecule has 0 unspecified atom stereocenters. The van der Waals surface area contributed by atoms with E-state index in [1.165, 1.54) is 6.07 Å². The van der Waals surface area contributed by atoms with E-state index in [0.717, 1.165) is 6.07 Å². The second-order valence-electron chi connectivity index (χ2n) is 3.76. The Morgan fingerprint density at radius 1 is 1.53 bits per heavy atom. The number of aliphatic hydroxyl groups excluding tert-OH is 1. The number of halogens is 2. The zero-order valence-corrected chi connectivity index (χ0v) is 10.3. The van der Waals surface area contributed by atoms with Crippen LogP contribution in [0.2, 0.25) is 0 Å². The van der Waals surface area contributed by atoms with Crippen molar-refractivity contribution in [2.75, 3.05) is 6.61 Å². The Morgan fingerprint density at radius 3 is 2.68 bits per heavy atom. The van der Waals surface area contributed by atoms with Crippen molar-refractivity contribution in [3.63, 3.8) is 0 Å². The Morgan fingerprint density at radius 2 is 2.21 bits per heavy atom. The Balaban J connectivity index is 3.26. The van der Waals surface area contributed by atoms with Crippen molar-refractivity contribution in [3.05, 3.63) is 34.4 Å². The van der Waals surface area contributed by atoms with E-state index in [-0.39, 0.29) is 29.7 Å². The maximum atomic E-state index is 13.0. The van der Waals surface area contributed by atoms with Gasteiger partial charge in [-0.1, -0.05) is 0 Å². The normalized spacial score (nSPS) is 10.3. The number of carbonyl (C=O) groups excluding carboxylic acids is 1. The fourth-order valence-corrected chi connectivity index (χ4v) is 1.73. The van der Waals surface area contributed by atoms with Crippen LogP contribution in [-0.4, -0.2) is 17.7 Å². The summed E-state index contributed by atoms with van der Waals surface area (Å²) in [6.45, 7) is 1.23. The number of ether oxygens (including phenoxy) is 1. The molecule has 1 aromatic rings. The van der Waals surface area contributed by atoms with Gasteiger partial charge in [0.2, 0.25) is 0 Å². The van der Waals surface area contributed by atoms with Crippen LogP contribution in [0.15, 0.2) is 12.1 Å². The third-order valence-electron chi connectivity index (χ3n) is 2.54. The topological polar surface area (TPSA) is 70.3 Å². The van der Waals surface area contributed by atoms with Gasteiger partial charge >= 0.3 is 5.97 Å². The number of nitriles is 1. The molecule has 0 radical (unpaired) electrons. The van der Waals surface area contributed by atoms with E-state index < -0.39 is 24.6 Å². The molecule has 0 aliphatic heterocycles. The first-order valence-electron chi connectivity index (χ1n) is 5.63. The molecule has 0 aliphatic rings. The summed E-state index contributed by atoms with van der Waals surface area (Å²) >= 11 is 0. The summed E-state index contributed by atoms with van der Waals surface area (Å²) in [7, 11) is 0. The lowest BCUT2D eigenvalue weighted by Gasteiger charge is -2.13. The second-order valence-corrected chi connectivity index (χ2v) is 3.76. The van der Waals surface area contributed by atoms with Gasteiger partial charge in [0, 0.05) is 5.56 Å². The first-order valence-corrected chi connectivity index (χ1v) is 5.63. The molecule has 4 nitrogen and oxygen atoms in total. The van der Waals surface area contributed by atoms with Gasteiger partial charge in [0.25, 0.3) is 6.43 Å². The van der Waals surface area contributed by atoms with Gasteiger partial charge in [-0.15, -0.1) is 0 Å². The standard InChI is InChI=1S/C13H13F2NO3/c1-2-19-12(18)5-10-9(7-17)3-8(6-16)4-11(10)13(14)15/h3-4,13,17H,2,5,7H2,1H3. The smallest absolute Gasteiger partial charge is 0.310 e. The summed E-state index contributed by atoms with van der Waals surface area (Å²) in [4.78, 5) is 11.4. The molecule has 0 aromatic heterocycles. The van der Waals surface area contributed by atoms with Gasteiger partial charge in [0.15, 0.2) is 0 Å². The van der Waals surface area contributed by atoms with E-state index in [1.54, 1.807) is 13.0 Å². The molecule has 0 saturated carbocycles. The monoisotopic (exact) mass is 269 g/mol. The molecular formula is C13H13F2NO3. The predicted molar refractivity (Wildman–Crippen MR) is 62.4 cm³/mol. The summed E-state index contributed by atoms with van der Waals surface area (Å²) in [5.41, 5.74) is -0.236. The van der Waals surface area contributed by atoms with E-state index in [0.29, 0.717) is 0 Å². The van der Waals surface area contributed by atoms with Crippen LogP contribution < -0.4 is 0 Å². The lowest BCUT2D eigenvalue weighted by atomic mass is 9.96. The van der Waals surface area contributed by atoms with E-state index in [2.05, 4.69) is 0 Å². The minimum absolute atomic E-state index is 0.0203. The number of hydrogen-bond donors (Lipinski definition) is 1. The molecule has 1 rings (SSSR count). The largest absolute Gasteiger partial charge is 0.466 e. The highest BCUT2D eigenvalue weighted by Gasteiger charge is 2.20. The predicted octanol–water partition coefficient (Wildman–Crippen LogP) is 2.09. The van der Waals surface area contributed by atoms with Crippen LogP contribution >= 0.6 is 0 Å². The van der Waals surface area contributed by atoms with Gasteiger partial charge in [0.05, 0.1) is 31.3 Å². The summed E-state index contributed by atoms with van der Waals surface area (Å²) < 4.78 is 30.6. The fourth-order valence-electron chi connectivity index (χ4n) is 1.73. The summed E-state index contributed by atoms with van der Waals surface area (Å²) in [6.07, 6.45) is -3.18. The first-order chi connectivity index (χ1) is 9.03. The summed E-state index contributed by atoms with van der Waals surface area (Å²) in [6, 6.07) is 4.06. The SMILES string of the molecule is CCOC(=O)Cc1c(CO)cc(C#N)cc1C(F)F. The van der Waals surface area contributed by atoms with Crippen LogP contribution in [0.4, 0.5) is 8.78 Å². The van der Waals surface area contributed by atoms with Crippen LogP contribution in [0.5, 0.6) is 0 Å². The second kappa shape index (κ2) is 6.81. The average Bonchev–Trinajstić information content (AvgIpc) is 2.38. The number of aliphatic hydroxyl groups is 1. The zero-order chi connectivity index (χ0) is 14.4. The number of carbonyl (C=O) groups is 1. The number of alkyl halides is 2. The van der Waals surface area contributed by atoms with Crippen molar-refractivity contribution in [1.82, 2.24) is 0 Å². The van der Waals surface area contributed by atoms with Crippen LogP contribution in [0.25, 0.3) is 0 Å². The van der Waals surface area contributed by atoms with Crippen molar-refractivity contribution in [3.8, 4) is 6.07 Å². The van der Waals surface area contributed by atoms with Gasteiger partial charge in [-0.2, -0.15) is 5.26 Å². The molecule has 102 valence electrons. The highest BCUT2D eigenvalue weighted by atomic mass is 19.3. The van der Waals surface area contributed by atoms with Crippen molar-refractivity contribution in [1.29, 1.82) is 5.26 Å². The molecular weight excluding hydrogens is 256 g/mol. The van der Waals surface area contributed by atoms with Crippen LogP contribution in [-0.2, 0) is 22.6 Å². The van der Waals surface area contributed by atoms with Gasteiger partial charge in [0.1, 0.15) is 0 Å². The molecule has 0 atom stereocenters. The summed E-state index contributed by atoms with van der Waals surface area (Å²) in [5.74, 6) is -0.649. The molecule has 0 bridgehead atoms. The molecule has 1 aromatic carbocycles. The number of hydrogen-bond acceptors (Lipinski definition) is 4. The highest BCUT2D eigenvalue weighted by Crippen LogP contribution is 2.28. The number of esters is 1. The number of benzene rings is 1. The van der Waals surface area contributed by atoms with E-state index in [9.17, 15) is 18.7 Å². The molecule has 0 amide bonds. The molecule has 19 heavy (non-hydrogen) atoms. The lowest BCUT2D eigenvalue weighted by molar-refractivity contribution is -0.142. The maximum Gasteiger partial charge on any atom is 0.310 e. The molecule has 1 N–H and O–H groups in total. The number of rotatable bonds is 5. The Labute approximate surface area is 109 Å². The van der Waals surface area contributed by atoms with E-state index in [1.807, 2.05) is 0 Å². The Kier molecular flexibility index (Phi) is 5.39.